The molecule has 0 aliphatic heterocycles. The molecule has 2 aromatic rings. The SMILES string of the molecule is CC(C)C(=O)Nc1ccc(C(=O)[C@@H](C)OC(=O)[C@@H](C)Sc2ccccc2)cc1. The van der Waals surface area contributed by atoms with Crippen molar-refractivity contribution in [3.8, 4) is 0 Å². The van der Waals surface area contributed by atoms with Crippen LogP contribution in [0.3, 0.4) is 0 Å². The van der Waals surface area contributed by atoms with Crippen molar-refractivity contribution in [1.29, 1.82) is 0 Å². The van der Waals surface area contributed by atoms with Crippen LogP contribution in [-0.4, -0.2) is 29.0 Å². The van der Waals surface area contributed by atoms with Crippen LogP contribution in [0.15, 0.2) is 59.5 Å². The van der Waals surface area contributed by atoms with E-state index in [0.29, 0.717) is 11.3 Å². The predicted octanol–water partition coefficient (Wildman–Crippen LogP) is 4.58. The van der Waals surface area contributed by atoms with Crippen LogP contribution >= 0.6 is 11.8 Å². The molecule has 1 amide bonds. The molecule has 0 spiro atoms. The summed E-state index contributed by atoms with van der Waals surface area (Å²) in [5.41, 5.74) is 1.04. The van der Waals surface area contributed by atoms with Gasteiger partial charge in [0.25, 0.3) is 0 Å². The number of amides is 1. The van der Waals surface area contributed by atoms with Crippen LogP contribution in [0.25, 0.3) is 0 Å². The highest BCUT2D eigenvalue weighted by Gasteiger charge is 2.23. The van der Waals surface area contributed by atoms with Gasteiger partial charge in [0.15, 0.2) is 6.10 Å². The number of nitrogens with one attached hydrogen (secondary N) is 1. The Bertz CT molecular complexity index is 818. The molecule has 0 aliphatic rings. The fraction of sp³-hybridized carbons (Fsp3) is 0.318. The van der Waals surface area contributed by atoms with E-state index in [0.717, 1.165) is 4.90 Å². The van der Waals surface area contributed by atoms with Crippen LogP contribution in [0, 0.1) is 5.92 Å². The first-order valence-corrected chi connectivity index (χ1v) is 10.0. The Morgan fingerprint density at radius 1 is 0.893 bits per heavy atom. The topological polar surface area (TPSA) is 72.5 Å². The fourth-order valence-electron chi connectivity index (χ4n) is 2.31. The second-order valence-corrected chi connectivity index (χ2v) is 8.15. The van der Waals surface area contributed by atoms with E-state index in [1.54, 1.807) is 52.0 Å². The average molecular weight is 400 g/mol. The van der Waals surface area contributed by atoms with Crippen molar-refractivity contribution in [2.24, 2.45) is 5.92 Å². The van der Waals surface area contributed by atoms with Gasteiger partial charge in [0.05, 0.1) is 0 Å². The maximum absolute atomic E-state index is 12.5. The Hall–Kier alpha value is -2.60. The van der Waals surface area contributed by atoms with Crippen LogP contribution in [0.5, 0.6) is 0 Å². The van der Waals surface area contributed by atoms with E-state index in [1.165, 1.54) is 11.8 Å². The molecule has 0 fully saturated rings. The number of esters is 1. The van der Waals surface area contributed by atoms with Crippen LogP contribution in [0.1, 0.15) is 38.1 Å². The Labute approximate surface area is 169 Å². The summed E-state index contributed by atoms with van der Waals surface area (Å²) in [7, 11) is 0. The third kappa shape index (κ3) is 6.23. The number of ether oxygens (including phenoxy) is 1. The predicted molar refractivity (Wildman–Crippen MR) is 112 cm³/mol. The van der Waals surface area contributed by atoms with Gasteiger partial charge in [-0.1, -0.05) is 32.0 Å². The lowest BCUT2D eigenvalue weighted by Gasteiger charge is -2.16. The zero-order valence-electron chi connectivity index (χ0n) is 16.5. The normalized spacial score (nSPS) is 12.9. The molecule has 0 unspecified atom stereocenters. The minimum atomic E-state index is -0.887. The molecule has 5 nitrogen and oxygen atoms in total. The molecule has 0 aromatic heterocycles. The Morgan fingerprint density at radius 3 is 2.07 bits per heavy atom. The van der Waals surface area contributed by atoms with Crippen LogP contribution < -0.4 is 5.32 Å². The number of anilines is 1. The number of thioether (sulfide) groups is 1. The van der Waals surface area contributed by atoms with Gasteiger partial charge in [0.1, 0.15) is 5.25 Å². The minimum Gasteiger partial charge on any atom is -0.453 e. The summed E-state index contributed by atoms with van der Waals surface area (Å²) in [5.74, 6) is -0.940. The lowest BCUT2D eigenvalue weighted by atomic mass is 10.1. The smallest absolute Gasteiger partial charge is 0.319 e. The number of Topliss-reactive ketones (excluding diaryl/α,β-unsaturated/α-hetero) is 1. The van der Waals surface area contributed by atoms with Crippen molar-refractivity contribution in [1.82, 2.24) is 0 Å². The van der Waals surface area contributed by atoms with E-state index in [-0.39, 0.29) is 17.6 Å². The second-order valence-electron chi connectivity index (χ2n) is 6.74. The number of ketones is 1. The van der Waals surface area contributed by atoms with E-state index in [1.807, 2.05) is 30.3 Å². The van der Waals surface area contributed by atoms with Crippen molar-refractivity contribution in [2.45, 2.75) is 43.9 Å². The van der Waals surface area contributed by atoms with E-state index in [4.69, 9.17) is 4.74 Å². The fourth-order valence-corrected chi connectivity index (χ4v) is 3.19. The molecule has 0 aliphatic carbocycles. The standard InChI is InChI=1S/C22H25NO4S/c1-14(2)21(25)23-18-12-10-17(11-13-18)20(24)15(3)27-22(26)16(4)28-19-8-6-5-7-9-19/h5-16H,1-4H3,(H,23,25)/t15-,16-/m1/s1. The number of rotatable bonds is 8. The van der Waals surface area contributed by atoms with Crippen molar-refractivity contribution >= 4 is 35.1 Å². The highest BCUT2D eigenvalue weighted by molar-refractivity contribution is 8.00. The van der Waals surface area contributed by atoms with E-state index >= 15 is 0 Å². The summed E-state index contributed by atoms with van der Waals surface area (Å²) in [6.07, 6.45) is -0.887. The molecule has 0 bridgehead atoms. The number of hydrogen-bond donors (Lipinski definition) is 1. The Balaban J connectivity index is 1.92. The largest absolute Gasteiger partial charge is 0.453 e. The summed E-state index contributed by atoms with van der Waals surface area (Å²) in [6.45, 7) is 6.93. The summed E-state index contributed by atoms with van der Waals surface area (Å²) in [4.78, 5) is 37.5. The van der Waals surface area contributed by atoms with Crippen molar-refractivity contribution in [2.75, 3.05) is 5.32 Å². The molecule has 2 aromatic carbocycles. The molecule has 148 valence electrons. The number of carbonyl (C=O) groups is 3. The molecule has 2 rings (SSSR count). The highest BCUT2D eigenvalue weighted by Crippen LogP contribution is 2.24. The first-order valence-electron chi connectivity index (χ1n) is 9.15. The van der Waals surface area contributed by atoms with Crippen LogP contribution in [-0.2, 0) is 14.3 Å². The molecule has 2 atom stereocenters. The van der Waals surface area contributed by atoms with Gasteiger partial charge in [-0.05, 0) is 50.2 Å². The van der Waals surface area contributed by atoms with E-state index in [9.17, 15) is 14.4 Å². The zero-order chi connectivity index (χ0) is 20.7. The minimum absolute atomic E-state index is 0.0914. The van der Waals surface area contributed by atoms with Crippen LogP contribution in [0.2, 0.25) is 0 Å². The molecule has 0 saturated carbocycles. The summed E-state index contributed by atoms with van der Waals surface area (Å²) in [6, 6.07) is 16.1. The molecular weight excluding hydrogens is 374 g/mol. The Morgan fingerprint density at radius 2 is 1.50 bits per heavy atom. The van der Waals surface area contributed by atoms with Crippen molar-refractivity contribution in [3.05, 3.63) is 60.2 Å². The summed E-state index contributed by atoms with van der Waals surface area (Å²) in [5, 5.41) is 2.34. The molecule has 0 saturated heterocycles. The lowest BCUT2D eigenvalue weighted by Crippen LogP contribution is -2.28. The third-order valence-corrected chi connectivity index (χ3v) is 5.10. The first kappa shape index (κ1) is 21.7. The molecule has 0 heterocycles. The number of benzene rings is 2. The van der Waals surface area contributed by atoms with E-state index < -0.39 is 17.3 Å². The van der Waals surface area contributed by atoms with Gasteiger partial charge in [-0.3, -0.25) is 14.4 Å². The number of carbonyl (C=O) groups excluding carboxylic acids is 3. The molecule has 28 heavy (non-hydrogen) atoms. The second kappa shape index (κ2) is 10.1. The maximum Gasteiger partial charge on any atom is 0.319 e. The third-order valence-electron chi connectivity index (χ3n) is 4.01. The van der Waals surface area contributed by atoms with Crippen molar-refractivity contribution < 1.29 is 19.1 Å². The van der Waals surface area contributed by atoms with Crippen LogP contribution in [0.4, 0.5) is 5.69 Å². The van der Waals surface area contributed by atoms with Gasteiger partial charge in [0, 0.05) is 22.1 Å². The van der Waals surface area contributed by atoms with Gasteiger partial charge in [-0.25, -0.2) is 0 Å². The molecule has 6 heteroatoms. The lowest BCUT2D eigenvalue weighted by molar-refractivity contribution is -0.145. The quantitative estimate of drug-likeness (QED) is 0.400. The number of hydrogen-bond acceptors (Lipinski definition) is 5. The monoisotopic (exact) mass is 399 g/mol. The van der Waals surface area contributed by atoms with Gasteiger partial charge < -0.3 is 10.1 Å². The van der Waals surface area contributed by atoms with Gasteiger partial charge >= 0.3 is 5.97 Å². The maximum atomic E-state index is 12.5. The Kier molecular flexibility index (Phi) is 7.81. The first-order chi connectivity index (χ1) is 13.3. The summed E-state index contributed by atoms with van der Waals surface area (Å²) >= 11 is 1.39. The van der Waals surface area contributed by atoms with Gasteiger partial charge in [0.2, 0.25) is 11.7 Å². The molecule has 1 N–H and O–H groups in total. The van der Waals surface area contributed by atoms with Gasteiger partial charge in [-0.15, -0.1) is 11.8 Å². The highest BCUT2D eigenvalue weighted by atomic mass is 32.2. The molecular formula is C22H25NO4S. The van der Waals surface area contributed by atoms with Crippen molar-refractivity contribution in [3.63, 3.8) is 0 Å². The van der Waals surface area contributed by atoms with Gasteiger partial charge in [-0.2, -0.15) is 0 Å². The zero-order valence-corrected chi connectivity index (χ0v) is 17.3. The molecule has 0 radical (unpaired) electrons. The summed E-state index contributed by atoms with van der Waals surface area (Å²) < 4.78 is 5.35. The average Bonchev–Trinajstić information content (AvgIpc) is 2.68. The van der Waals surface area contributed by atoms with E-state index in [2.05, 4.69) is 5.32 Å².